The molecule has 0 aliphatic carbocycles. The van der Waals surface area contributed by atoms with Gasteiger partial charge in [-0.15, -0.1) is 0 Å². The summed E-state index contributed by atoms with van der Waals surface area (Å²) >= 11 is 0. The van der Waals surface area contributed by atoms with Crippen molar-refractivity contribution in [2.45, 2.75) is 277 Å². The first-order valence-electron chi connectivity index (χ1n) is 30.0. The number of carbonyl (C=O) groups excluding carboxylic acids is 2. The highest BCUT2D eigenvalue weighted by molar-refractivity contribution is 7.45. The number of hydrogen-bond acceptors (Lipinski definition) is 8. The van der Waals surface area contributed by atoms with Crippen LogP contribution in [-0.2, 0) is 32.7 Å². The van der Waals surface area contributed by atoms with E-state index in [1.54, 1.807) is 0 Å². The molecule has 0 bridgehead atoms. The molecule has 2 atom stereocenters. The van der Waals surface area contributed by atoms with Gasteiger partial charge in [0.25, 0.3) is 7.82 Å². The lowest BCUT2D eigenvalue weighted by Gasteiger charge is -2.28. The van der Waals surface area contributed by atoms with Gasteiger partial charge in [0.05, 0.1) is 27.7 Å². The summed E-state index contributed by atoms with van der Waals surface area (Å²) in [4.78, 5) is 37.9. The summed E-state index contributed by atoms with van der Waals surface area (Å²) in [7, 11) is 1.16. The average Bonchev–Trinajstić information content (AvgIpc) is 3.34. The second-order valence-corrected chi connectivity index (χ2v) is 22.8. The highest BCUT2D eigenvalue weighted by atomic mass is 31.2. The van der Waals surface area contributed by atoms with Crippen LogP contribution >= 0.6 is 7.82 Å². The topological polar surface area (TPSA) is 111 Å². The number of allylic oxidation sites excluding steroid dienone is 10. The summed E-state index contributed by atoms with van der Waals surface area (Å²) in [5.74, 6) is -0.834. The van der Waals surface area contributed by atoms with Crippen molar-refractivity contribution in [3.8, 4) is 0 Å². The lowest BCUT2D eigenvalue weighted by molar-refractivity contribution is -0.870. The highest BCUT2D eigenvalue weighted by Gasteiger charge is 2.22. The molecule has 0 aromatic rings. The van der Waals surface area contributed by atoms with Crippen LogP contribution < -0.4 is 4.89 Å². The Labute approximate surface area is 445 Å². The fourth-order valence-electron chi connectivity index (χ4n) is 8.34. The molecule has 10 heteroatoms. The lowest BCUT2D eigenvalue weighted by Crippen LogP contribution is -2.37. The molecule has 0 rings (SSSR count). The van der Waals surface area contributed by atoms with Crippen LogP contribution in [0.15, 0.2) is 60.8 Å². The van der Waals surface area contributed by atoms with Gasteiger partial charge < -0.3 is 27.9 Å². The van der Waals surface area contributed by atoms with E-state index in [2.05, 4.69) is 74.6 Å². The molecule has 9 nitrogen and oxygen atoms in total. The molecule has 0 radical (unpaired) electrons. The second-order valence-electron chi connectivity index (χ2n) is 21.4. The summed E-state index contributed by atoms with van der Waals surface area (Å²) in [6, 6.07) is 0. The molecule has 0 fully saturated rings. The summed E-state index contributed by atoms with van der Waals surface area (Å²) < 4.78 is 34.2. The van der Waals surface area contributed by atoms with Crippen molar-refractivity contribution in [1.82, 2.24) is 0 Å². The van der Waals surface area contributed by atoms with Crippen molar-refractivity contribution in [2.24, 2.45) is 0 Å². The summed E-state index contributed by atoms with van der Waals surface area (Å²) in [5.41, 5.74) is 0. The second kappa shape index (κ2) is 53.5. The van der Waals surface area contributed by atoms with Crippen molar-refractivity contribution < 1.29 is 42.1 Å². The number of ether oxygens (including phenoxy) is 2. The largest absolute Gasteiger partial charge is 0.756 e. The Morgan fingerprint density at radius 1 is 0.431 bits per heavy atom. The molecule has 0 aromatic carbocycles. The van der Waals surface area contributed by atoms with E-state index >= 15 is 0 Å². The van der Waals surface area contributed by atoms with E-state index in [0.717, 1.165) is 64.2 Å². The smallest absolute Gasteiger partial charge is 0.306 e. The lowest BCUT2D eigenvalue weighted by atomic mass is 10.0. The van der Waals surface area contributed by atoms with Gasteiger partial charge in [-0.3, -0.25) is 14.2 Å². The predicted molar refractivity (Wildman–Crippen MR) is 305 cm³/mol. The van der Waals surface area contributed by atoms with E-state index in [1.165, 1.54) is 173 Å². The molecule has 0 saturated carbocycles. The monoisotopic (exact) mass is 1030 g/mol. The zero-order chi connectivity index (χ0) is 52.7. The first-order valence-corrected chi connectivity index (χ1v) is 31.5. The molecule has 0 saturated heterocycles. The Balaban J connectivity index is 4.16. The van der Waals surface area contributed by atoms with Crippen LogP contribution in [-0.4, -0.2) is 70.0 Å². The molecule has 420 valence electrons. The number of phosphoric ester groups is 1. The van der Waals surface area contributed by atoms with Crippen LogP contribution in [0.5, 0.6) is 0 Å². The third-order valence-corrected chi connectivity index (χ3v) is 14.0. The zero-order valence-electron chi connectivity index (χ0n) is 47.6. The van der Waals surface area contributed by atoms with Gasteiger partial charge in [0.15, 0.2) is 6.10 Å². The minimum atomic E-state index is -4.64. The Kier molecular flexibility index (Phi) is 51.8. The van der Waals surface area contributed by atoms with Crippen LogP contribution in [0.2, 0.25) is 0 Å². The molecular weight excluding hydrogens is 918 g/mol. The van der Waals surface area contributed by atoms with Crippen LogP contribution in [0.3, 0.4) is 0 Å². The molecule has 0 aliphatic heterocycles. The van der Waals surface area contributed by atoms with Gasteiger partial charge in [-0.25, -0.2) is 0 Å². The third-order valence-electron chi connectivity index (χ3n) is 13.0. The normalized spacial score (nSPS) is 13.7. The standard InChI is InChI=1S/C62H114NO8P/c1-6-8-10-12-14-16-18-20-22-24-26-28-29-30-31-32-33-35-37-39-41-43-45-47-49-51-53-55-62(65)71-60(59-70-72(66,67)69-57-56-63(3,4)5)58-68-61(64)54-52-50-48-46-44-42-40-38-36-34-27-25-23-21-19-17-15-13-11-9-7-2/h18-21,24-27,29-30,60H,6-17,22-23,28,31-59H2,1-5H3/b20-18-,21-19-,26-24-,27-25-,30-29-. The van der Waals surface area contributed by atoms with E-state index in [1.807, 2.05) is 21.1 Å². The van der Waals surface area contributed by atoms with E-state index in [-0.39, 0.29) is 32.0 Å². The van der Waals surface area contributed by atoms with Crippen molar-refractivity contribution in [1.29, 1.82) is 0 Å². The van der Waals surface area contributed by atoms with Gasteiger partial charge in [-0.05, 0) is 83.5 Å². The number of unbranched alkanes of at least 4 members (excludes halogenated alkanes) is 31. The molecule has 0 aromatic heterocycles. The highest BCUT2D eigenvalue weighted by Crippen LogP contribution is 2.38. The Morgan fingerprint density at radius 2 is 0.750 bits per heavy atom. The number of likely N-dealkylation sites (N-methyl/N-ethyl adjacent to an activating group) is 1. The van der Waals surface area contributed by atoms with Crippen molar-refractivity contribution >= 4 is 19.8 Å². The van der Waals surface area contributed by atoms with Gasteiger partial charge in [0.2, 0.25) is 0 Å². The number of nitrogens with zero attached hydrogens (tertiary/aromatic N) is 1. The van der Waals surface area contributed by atoms with Crippen molar-refractivity contribution in [2.75, 3.05) is 47.5 Å². The van der Waals surface area contributed by atoms with Gasteiger partial charge in [0, 0.05) is 12.8 Å². The maximum atomic E-state index is 12.8. The molecule has 2 unspecified atom stereocenters. The average molecular weight is 1030 g/mol. The predicted octanol–water partition coefficient (Wildman–Crippen LogP) is 18.1. The molecular formula is C62H114NO8P. The van der Waals surface area contributed by atoms with E-state index in [4.69, 9.17) is 18.5 Å². The number of quaternary nitrogens is 1. The quantitative estimate of drug-likeness (QED) is 0.0195. The Morgan fingerprint density at radius 3 is 1.11 bits per heavy atom. The fraction of sp³-hybridized carbons (Fsp3) is 0.806. The van der Waals surface area contributed by atoms with E-state index in [9.17, 15) is 19.0 Å². The minimum absolute atomic E-state index is 0.0332. The van der Waals surface area contributed by atoms with Crippen LogP contribution in [0.1, 0.15) is 271 Å². The van der Waals surface area contributed by atoms with Crippen molar-refractivity contribution in [3.05, 3.63) is 60.8 Å². The first-order chi connectivity index (χ1) is 35.0. The number of esters is 2. The fourth-order valence-corrected chi connectivity index (χ4v) is 9.07. The molecule has 0 heterocycles. The molecule has 0 amide bonds. The summed E-state index contributed by atoms with van der Waals surface area (Å²) in [6.07, 6.45) is 68.3. The maximum absolute atomic E-state index is 12.8. The molecule has 0 N–H and O–H groups in total. The van der Waals surface area contributed by atoms with Crippen molar-refractivity contribution in [3.63, 3.8) is 0 Å². The summed E-state index contributed by atoms with van der Waals surface area (Å²) in [5, 5.41) is 0. The Bertz CT molecular complexity index is 1400. The van der Waals surface area contributed by atoms with Crippen LogP contribution in [0.25, 0.3) is 0 Å². The third kappa shape index (κ3) is 57.0. The van der Waals surface area contributed by atoms with Crippen LogP contribution in [0.4, 0.5) is 0 Å². The zero-order valence-corrected chi connectivity index (χ0v) is 48.5. The number of rotatable bonds is 55. The van der Waals surface area contributed by atoms with Gasteiger partial charge in [0.1, 0.15) is 19.8 Å². The first kappa shape index (κ1) is 69.7. The SMILES string of the molecule is CCCCCCC/C=C\C/C=C\C/C=C\CCCCCCCCCCCCCCC(=O)OC(COC(=O)CCCCCCCCCCC/C=C\C/C=C\CCCCCCC)COP(=O)([O-])OCC[N+](C)(C)C. The van der Waals surface area contributed by atoms with Gasteiger partial charge in [-0.1, -0.05) is 235 Å². The van der Waals surface area contributed by atoms with E-state index in [0.29, 0.717) is 17.4 Å². The number of hydrogen-bond donors (Lipinski definition) is 0. The van der Waals surface area contributed by atoms with Gasteiger partial charge in [-0.2, -0.15) is 0 Å². The maximum Gasteiger partial charge on any atom is 0.306 e. The number of phosphoric acid groups is 1. The Hall–Kier alpha value is -2.29. The summed E-state index contributed by atoms with van der Waals surface area (Å²) in [6.45, 7) is 4.23. The van der Waals surface area contributed by atoms with Gasteiger partial charge >= 0.3 is 11.9 Å². The number of carbonyl (C=O) groups is 2. The molecule has 0 spiro atoms. The molecule has 0 aliphatic rings. The van der Waals surface area contributed by atoms with Crippen LogP contribution in [0, 0.1) is 0 Å². The van der Waals surface area contributed by atoms with E-state index < -0.39 is 26.5 Å². The minimum Gasteiger partial charge on any atom is -0.756 e. The molecule has 72 heavy (non-hydrogen) atoms.